The number of thiophene rings is 1. The highest BCUT2D eigenvalue weighted by atomic mass is 32.1. The number of nitrogens with zero attached hydrogens (tertiary/aromatic N) is 1. The van der Waals surface area contributed by atoms with E-state index in [2.05, 4.69) is 22.4 Å². The highest BCUT2D eigenvalue weighted by molar-refractivity contribution is 7.13. The van der Waals surface area contributed by atoms with Gasteiger partial charge in [-0.05, 0) is 17.4 Å². The van der Waals surface area contributed by atoms with Crippen LogP contribution in [0.5, 0.6) is 0 Å². The van der Waals surface area contributed by atoms with E-state index in [9.17, 15) is 4.79 Å². The highest BCUT2D eigenvalue weighted by Gasteiger charge is 2.24. The van der Waals surface area contributed by atoms with Crippen molar-refractivity contribution in [3.05, 3.63) is 29.3 Å². The standard InChI is InChI=1S/C15H21N3O2S/c1-4-10(2)13(15(19)20-3)16-8-11-9-17-18-14(11)12-6-5-7-21-12/h5-7,9-10,13,16H,4,8H2,1-3H3,(H,17,18). The van der Waals surface area contributed by atoms with E-state index in [-0.39, 0.29) is 17.9 Å². The number of ether oxygens (including phenoxy) is 1. The molecule has 0 aliphatic carbocycles. The molecule has 0 aromatic carbocycles. The van der Waals surface area contributed by atoms with E-state index in [1.165, 1.54) is 7.11 Å². The molecule has 0 bridgehead atoms. The number of carbonyl (C=O) groups is 1. The van der Waals surface area contributed by atoms with Crippen molar-refractivity contribution in [1.29, 1.82) is 0 Å². The van der Waals surface area contributed by atoms with Crippen LogP contribution in [0.3, 0.4) is 0 Å². The van der Waals surface area contributed by atoms with E-state index in [0.717, 1.165) is 22.6 Å². The smallest absolute Gasteiger partial charge is 0.323 e. The summed E-state index contributed by atoms with van der Waals surface area (Å²) in [6.07, 6.45) is 2.71. The molecule has 6 heteroatoms. The SMILES string of the molecule is CCC(C)C(NCc1cn[nH]c1-c1cccs1)C(=O)OC. The van der Waals surface area contributed by atoms with Crippen molar-refractivity contribution in [2.45, 2.75) is 32.9 Å². The van der Waals surface area contributed by atoms with Crippen molar-refractivity contribution in [2.24, 2.45) is 5.92 Å². The number of carbonyl (C=O) groups excluding carboxylic acids is 1. The molecule has 0 amide bonds. The first-order valence-electron chi connectivity index (χ1n) is 7.04. The van der Waals surface area contributed by atoms with Crippen molar-refractivity contribution in [3.63, 3.8) is 0 Å². The number of hydrogen-bond acceptors (Lipinski definition) is 5. The lowest BCUT2D eigenvalue weighted by molar-refractivity contribution is -0.144. The lowest BCUT2D eigenvalue weighted by Crippen LogP contribution is -2.42. The summed E-state index contributed by atoms with van der Waals surface area (Å²) in [7, 11) is 1.42. The highest BCUT2D eigenvalue weighted by Crippen LogP contribution is 2.25. The summed E-state index contributed by atoms with van der Waals surface area (Å²) in [4.78, 5) is 13.0. The topological polar surface area (TPSA) is 67.0 Å². The molecule has 21 heavy (non-hydrogen) atoms. The zero-order valence-electron chi connectivity index (χ0n) is 12.6. The first-order chi connectivity index (χ1) is 10.2. The quantitative estimate of drug-likeness (QED) is 0.772. The number of esters is 1. The molecule has 2 aromatic heterocycles. The van der Waals surface area contributed by atoms with Gasteiger partial charge in [-0.15, -0.1) is 11.3 Å². The molecule has 2 N–H and O–H groups in total. The average molecular weight is 307 g/mol. The van der Waals surface area contributed by atoms with Gasteiger partial charge in [0.15, 0.2) is 0 Å². The van der Waals surface area contributed by atoms with E-state index in [1.54, 1.807) is 17.5 Å². The molecular weight excluding hydrogens is 286 g/mol. The van der Waals surface area contributed by atoms with E-state index < -0.39 is 0 Å². The van der Waals surface area contributed by atoms with Gasteiger partial charge >= 0.3 is 5.97 Å². The molecular formula is C15H21N3O2S. The van der Waals surface area contributed by atoms with E-state index in [4.69, 9.17) is 4.74 Å². The number of aromatic nitrogens is 2. The van der Waals surface area contributed by atoms with Gasteiger partial charge in [0, 0.05) is 12.1 Å². The molecule has 0 aliphatic heterocycles. The van der Waals surface area contributed by atoms with E-state index >= 15 is 0 Å². The Hall–Kier alpha value is -1.66. The number of H-pyrrole nitrogens is 1. The Morgan fingerprint density at radius 1 is 1.57 bits per heavy atom. The summed E-state index contributed by atoms with van der Waals surface area (Å²) in [6.45, 7) is 4.69. The van der Waals surface area contributed by atoms with E-state index in [0.29, 0.717) is 6.54 Å². The number of nitrogens with one attached hydrogen (secondary N) is 2. The number of methoxy groups -OCH3 is 1. The molecule has 2 heterocycles. The number of rotatable bonds is 7. The number of aromatic amines is 1. The van der Waals surface area contributed by atoms with Crippen LogP contribution in [-0.2, 0) is 16.1 Å². The van der Waals surface area contributed by atoms with Crippen molar-refractivity contribution in [1.82, 2.24) is 15.5 Å². The predicted molar refractivity (Wildman–Crippen MR) is 84.0 cm³/mol. The summed E-state index contributed by atoms with van der Waals surface area (Å²) in [6, 6.07) is 3.76. The molecule has 0 saturated carbocycles. The van der Waals surface area contributed by atoms with Gasteiger partial charge in [0.05, 0.1) is 23.9 Å². The Morgan fingerprint density at radius 2 is 2.38 bits per heavy atom. The van der Waals surface area contributed by atoms with Gasteiger partial charge in [0.2, 0.25) is 0 Å². The first kappa shape index (κ1) is 15.7. The van der Waals surface area contributed by atoms with Crippen molar-refractivity contribution < 1.29 is 9.53 Å². The third-order valence-electron chi connectivity index (χ3n) is 3.67. The lowest BCUT2D eigenvalue weighted by Gasteiger charge is -2.21. The zero-order valence-corrected chi connectivity index (χ0v) is 13.4. The molecule has 2 aromatic rings. The molecule has 2 unspecified atom stereocenters. The molecule has 0 spiro atoms. The van der Waals surface area contributed by atoms with Crippen molar-refractivity contribution in [2.75, 3.05) is 7.11 Å². The second-order valence-electron chi connectivity index (χ2n) is 5.01. The van der Waals surface area contributed by atoms with Crippen LogP contribution in [0.4, 0.5) is 0 Å². The fourth-order valence-electron chi connectivity index (χ4n) is 2.18. The maximum atomic E-state index is 11.9. The molecule has 0 saturated heterocycles. The molecule has 2 atom stereocenters. The van der Waals surface area contributed by atoms with Gasteiger partial charge in [0.1, 0.15) is 6.04 Å². The summed E-state index contributed by atoms with van der Waals surface area (Å²) in [5, 5.41) is 12.5. The molecule has 0 fully saturated rings. The average Bonchev–Trinajstić information content (AvgIpc) is 3.17. The van der Waals surface area contributed by atoms with Gasteiger partial charge in [-0.25, -0.2) is 0 Å². The normalized spacial score (nSPS) is 13.9. The van der Waals surface area contributed by atoms with E-state index in [1.807, 2.05) is 24.4 Å². The molecule has 2 rings (SSSR count). The number of hydrogen-bond donors (Lipinski definition) is 2. The summed E-state index contributed by atoms with van der Waals surface area (Å²) in [5.41, 5.74) is 2.06. The fourth-order valence-corrected chi connectivity index (χ4v) is 2.93. The summed E-state index contributed by atoms with van der Waals surface area (Å²) < 4.78 is 4.88. The Labute approximate surface area is 128 Å². The van der Waals surface area contributed by atoms with Crippen LogP contribution in [0, 0.1) is 5.92 Å². The molecule has 0 aliphatic rings. The Morgan fingerprint density at radius 3 is 3.00 bits per heavy atom. The van der Waals surface area contributed by atoms with Crippen LogP contribution >= 0.6 is 11.3 Å². The van der Waals surface area contributed by atoms with Gasteiger partial charge in [-0.3, -0.25) is 15.2 Å². The summed E-state index contributed by atoms with van der Waals surface area (Å²) >= 11 is 1.66. The van der Waals surface area contributed by atoms with Crippen LogP contribution in [0.25, 0.3) is 10.6 Å². The summed E-state index contributed by atoms with van der Waals surface area (Å²) in [5.74, 6) is 0.0000531. The molecule has 0 radical (unpaired) electrons. The fraction of sp³-hybridized carbons (Fsp3) is 0.467. The van der Waals surface area contributed by atoms with Gasteiger partial charge in [-0.2, -0.15) is 5.10 Å². The van der Waals surface area contributed by atoms with Crippen molar-refractivity contribution in [3.8, 4) is 10.6 Å². The third-order valence-corrected chi connectivity index (χ3v) is 4.55. The van der Waals surface area contributed by atoms with Crippen LogP contribution in [0.1, 0.15) is 25.8 Å². The Balaban J connectivity index is 2.08. The lowest BCUT2D eigenvalue weighted by atomic mass is 9.99. The van der Waals surface area contributed by atoms with Gasteiger partial charge in [0.25, 0.3) is 0 Å². The zero-order chi connectivity index (χ0) is 15.2. The van der Waals surface area contributed by atoms with Crippen LogP contribution < -0.4 is 5.32 Å². The third kappa shape index (κ3) is 3.71. The minimum Gasteiger partial charge on any atom is -0.468 e. The largest absolute Gasteiger partial charge is 0.468 e. The maximum Gasteiger partial charge on any atom is 0.323 e. The van der Waals surface area contributed by atoms with Gasteiger partial charge in [-0.1, -0.05) is 26.3 Å². The first-order valence-corrected chi connectivity index (χ1v) is 7.92. The molecule has 114 valence electrons. The predicted octanol–water partition coefficient (Wildman–Crippen LogP) is 2.82. The van der Waals surface area contributed by atoms with Crippen molar-refractivity contribution >= 4 is 17.3 Å². The second kappa shape index (κ2) is 7.38. The Bertz CT molecular complexity index is 565. The van der Waals surface area contributed by atoms with Crippen LogP contribution in [-0.4, -0.2) is 29.3 Å². The molecule has 5 nitrogen and oxygen atoms in total. The minimum absolute atomic E-state index is 0.217. The van der Waals surface area contributed by atoms with Crippen LogP contribution in [0.15, 0.2) is 23.7 Å². The monoisotopic (exact) mass is 307 g/mol. The van der Waals surface area contributed by atoms with Crippen LogP contribution in [0.2, 0.25) is 0 Å². The Kier molecular flexibility index (Phi) is 5.52. The second-order valence-corrected chi connectivity index (χ2v) is 5.96. The maximum absolute atomic E-state index is 11.9. The minimum atomic E-state index is -0.300. The van der Waals surface area contributed by atoms with Gasteiger partial charge < -0.3 is 4.74 Å².